The molecule has 0 unspecified atom stereocenters. The minimum Gasteiger partial charge on any atom is -0.513 e. The second-order valence-electron chi connectivity index (χ2n) is 6.27. The molecule has 4 aliphatic rings. The van der Waals surface area contributed by atoms with Crippen LogP contribution in [-0.4, -0.2) is 11.0 Å². The van der Waals surface area contributed by atoms with E-state index in [-0.39, 0.29) is 0 Å². The van der Waals surface area contributed by atoms with E-state index in [9.17, 15) is 0 Å². The Hall–Kier alpha value is 0.110. The molecule has 0 radical (unpaired) electrons. The zero-order chi connectivity index (χ0) is 11.2. The van der Waals surface area contributed by atoms with Gasteiger partial charge in [-0.15, -0.1) is 0 Å². The van der Waals surface area contributed by atoms with Crippen molar-refractivity contribution < 1.29 is 4.74 Å². The van der Waals surface area contributed by atoms with Gasteiger partial charge in [-0.1, -0.05) is 0 Å². The molecule has 0 aromatic heterocycles. The molecule has 16 heavy (non-hydrogen) atoms. The van der Waals surface area contributed by atoms with Gasteiger partial charge in [0.2, 0.25) is 0 Å². The highest BCUT2D eigenvalue weighted by Crippen LogP contribution is 2.61. The number of ether oxygens (including phenoxy) is 1. The van der Waals surface area contributed by atoms with Crippen LogP contribution in [0.2, 0.25) is 0 Å². The van der Waals surface area contributed by atoms with E-state index in [1.807, 2.05) is 0 Å². The lowest BCUT2D eigenvalue weighted by Crippen LogP contribution is -2.46. The summed E-state index contributed by atoms with van der Waals surface area (Å²) in [4.78, 5) is 0. The lowest BCUT2D eigenvalue weighted by Gasteiger charge is -2.57. The Balaban J connectivity index is 1.62. The summed E-state index contributed by atoms with van der Waals surface area (Å²) < 4.78 is 5.62. The summed E-state index contributed by atoms with van der Waals surface area (Å²) in [5.74, 6) is 3.09. The van der Waals surface area contributed by atoms with E-state index in [0.29, 0.717) is 9.80 Å². The van der Waals surface area contributed by atoms with Gasteiger partial charge in [0.15, 0.2) is 0 Å². The van der Waals surface area contributed by atoms with Crippen LogP contribution in [-0.2, 0) is 17.4 Å². The molecule has 0 heterocycles. The van der Waals surface area contributed by atoms with Crippen molar-refractivity contribution in [2.45, 2.75) is 44.9 Å². The van der Waals surface area contributed by atoms with Crippen molar-refractivity contribution in [1.82, 2.24) is 0 Å². The fourth-order valence-electron chi connectivity index (χ4n) is 4.95. The van der Waals surface area contributed by atoms with E-state index in [1.165, 1.54) is 44.9 Å². The summed E-state index contributed by atoms with van der Waals surface area (Å²) in [5, 5.41) is 0. The molecule has 0 aliphatic heterocycles. The van der Waals surface area contributed by atoms with E-state index < -0.39 is 0 Å². The van der Waals surface area contributed by atoms with Crippen molar-refractivity contribution >= 4 is 29.2 Å². The number of rotatable bonds is 3. The van der Waals surface area contributed by atoms with Crippen LogP contribution in [0.15, 0.2) is 0 Å². The van der Waals surface area contributed by atoms with Gasteiger partial charge in [0.05, 0.1) is 6.61 Å². The lowest BCUT2D eigenvalue weighted by atomic mass is 9.49. The van der Waals surface area contributed by atoms with Crippen LogP contribution >= 0.6 is 12.2 Å². The average Bonchev–Trinajstić information content (AvgIpc) is 2.13. The summed E-state index contributed by atoms with van der Waals surface area (Å²) in [6.07, 6.45) is 10.1. The molecule has 90 valence electrons. The maximum Gasteiger partial charge on any atom is 0.0864 e. The number of hydrogen-bond acceptors (Lipinski definition) is 3. The quantitative estimate of drug-likeness (QED) is 0.565. The first-order chi connectivity index (χ1) is 7.65. The third-order valence-electron chi connectivity index (χ3n) is 5.02. The van der Waals surface area contributed by atoms with Gasteiger partial charge in [-0.2, -0.15) is 0 Å². The predicted octanol–water partition coefficient (Wildman–Crippen LogP) is 3.44. The molecule has 4 fully saturated rings. The Morgan fingerprint density at radius 2 is 1.62 bits per heavy atom. The molecule has 0 atom stereocenters. The molecule has 0 saturated heterocycles. The molecule has 1 nitrogen and oxygen atoms in total. The first kappa shape index (κ1) is 11.2. The Bertz CT molecular complexity index is 265. The Morgan fingerprint density at radius 3 is 2.06 bits per heavy atom. The van der Waals surface area contributed by atoms with Gasteiger partial charge in [0.25, 0.3) is 0 Å². The van der Waals surface area contributed by atoms with Crippen LogP contribution in [0.3, 0.4) is 0 Å². The monoisotopic (exact) mass is 255 g/mol. The molecule has 0 aromatic rings. The van der Waals surface area contributed by atoms with Crippen molar-refractivity contribution in [3.8, 4) is 0 Å². The van der Waals surface area contributed by atoms with Gasteiger partial charge in [0, 0.05) is 4.38 Å². The first-order valence-electron chi connectivity index (χ1n) is 6.49. The van der Waals surface area contributed by atoms with E-state index in [1.54, 1.807) is 0 Å². The van der Waals surface area contributed by atoms with Gasteiger partial charge in [0.1, 0.15) is 0 Å². The highest BCUT2D eigenvalue weighted by Gasteiger charge is 2.50. The fraction of sp³-hybridized carbons (Fsp3) is 0.923. The lowest BCUT2D eigenvalue weighted by molar-refractivity contribution is -0.0625. The normalized spacial score (nSPS) is 44.6. The molecular formula is C13H19OS2-. The minimum atomic E-state index is 0.296. The van der Waals surface area contributed by atoms with Crippen molar-refractivity contribution in [3.63, 3.8) is 0 Å². The van der Waals surface area contributed by atoms with E-state index in [2.05, 4.69) is 0 Å². The summed E-state index contributed by atoms with van der Waals surface area (Å²) in [6.45, 7) is 0.758. The highest BCUT2D eigenvalue weighted by molar-refractivity contribution is 7.99. The van der Waals surface area contributed by atoms with Crippen LogP contribution in [0.4, 0.5) is 0 Å². The second kappa shape index (κ2) is 4.09. The molecule has 3 heteroatoms. The van der Waals surface area contributed by atoms with Crippen LogP contribution in [0.5, 0.6) is 0 Å². The molecule has 0 aromatic carbocycles. The minimum absolute atomic E-state index is 0.296. The molecule has 0 spiro atoms. The third kappa shape index (κ3) is 2.08. The Morgan fingerprint density at radius 1 is 1.12 bits per heavy atom. The summed E-state index contributed by atoms with van der Waals surface area (Å²) in [5.41, 5.74) is 0.606. The summed E-state index contributed by atoms with van der Waals surface area (Å²) in [6, 6.07) is 0. The average molecular weight is 255 g/mol. The number of hydrogen-bond donors (Lipinski definition) is 0. The molecule has 4 aliphatic carbocycles. The summed E-state index contributed by atoms with van der Waals surface area (Å²) >= 11 is 9.59. The Labute approximate surface area is 109 Å². The smallest absolute Gasteiger partial charge is 0.0864 e. The van der Waals surface area contributed by atoms with E-state index in [4.69, 9.17) is 29.6 Å². The SMILES string of the molecule is S=C([S-])OCCC12CC3CC(CC(C3)C1)C2. The van der Waals surface area contributed by atoms with Crippen molar-refractivity contribution in [1.29, 1.82) is 0 Å². The zero-order valence-corrected chi connectivity index (χ0v) is 11.2. The first-order valence-corrected chi connectivity index (χ1v) is 7.31. The standard InChI is InChI=1S/C13H20OS2/c15-12(16)14-2-1-13-6-9-3-10(7-13)5-11(4-9)8-13/h9-11H,1-8H2,(H,15,16)/p-1. The Kier molecular flexibility index (Phi) is 2.87. The topological polar surface area (TPSA) is 9.23 Å². The maximum absolute atomic E-state index is 5.33. The van der Waals surface area contributed by atoms with Crippen molar-refractivity contribution in [3.05, 3.63) is 0 Å². The molecule has 0 N–H and O–H groups in total. The number of thiocarbonyl (C=S) groups is 1. The molecule has 4 saturated carbocycles. The largest absolute Gasteiger partial charge is 0.513 e. The highest BCUT2D eigenvalue weighted by atomic mass is 32.1. The zero-order valence-electron chi connectivity index (χ0n) is 9.61. The summed E-state index contributed by atoms with van der Waals surface area (Å²) in [7, 11) is 0. The van der Waals surface area contributed by atoms with E-state index >= 15 is 0 Å². The van der Waals surface area contributed by atoms with Crippen molar-refractivity contribution in [2.75, 3.05) is 6.61 Å². The molecular weight excluding hydrogens is 236 g/mol. The van der Waals surface area contributed by atoms with Gasteiger partial charge in [-0.25, -0.2) is 0 Å². The maximum atomic E-state index is 5.33. The van der Waals surface area contributed by atoms with E-state index in [0.717, 1.165) is 24.4 Å². The third-order valence-corrected chi connectivity index (χ3v) is 5.25. The van der Waals surface area contributed by atoms with Crippen molar-refractivity contribution in [2.24, 2.45) is 23.2 Å². The second-order valence-corrected chi connectivity index (χ2v) is 7.27. The molecule has 4 bridgehead atoms. The van der Waals surface area contributed by atoms with Gasteiger partial charge < -0.3 is 29.6 Å². The van der Waals surface area contributed by atoms with Gasteiger partial charge >= 0.3 is 0 Å². The predicted molar refractivity (Wildman–Crippen MR) is 71.1 cm³/mol. The van der Waals surface area contributed by atoms with Crippen LogP contribution < -0.4 is 0 Å². The van der Waals surface area contributed by atoms with Gasteiger partial charge in [-0.3, -0.25) is 0 Å². The fourth-order valence-corrected chi connectivity index (χ4v) is 5.11. The molecule has 4 rings (SSSR count). The van der Waals surface area contributed by atoms with Crippen LogP contribution in [0, 0.1) is 23.2 Å². The van der Waals surface area contributed by atoms with Crippen LogP contribution in [0.25, 0.3) is 0 Å². The molecule has 0 amide bonds. The van der Waals surface area contributed by atoms with Crippen LogP contribution in [0.1, 0.15) is 44.9 Å². The van der Waals surface area contributed by atoms with Gasteiger partial charge in [-0.05, 0) is 68.1 Å².